The second-order valence-electron chi connectivity index (χ2n) is 6.80. The van der Waals surface area contributed by atoms with Gasteiger partial charge in [0.05, 0.1) is 11.6 Å². The van der Waals surface area contributed by atoms with Crippen LogP contribution < -0.4 is 5.01 Å². The van der Waals surface area contributed by atoms with Crippen LogP contribution in [0.1, 0.15) is 32.1 Å². The molecule has 1 aliphatic carbocycles. The number of benzene rings is 1. The van der Waals surface area contributed by atoms with E-state index in [4.69, 9.17) is 0 Å². The molecule has 2 aromatic rings. The normalized spacial score (nSPS) is 25.9. The van der Waals surface area contributed by atoms with E-state index in [9.17, 15) is 18.3 Å². The smallest absolute Gasteiger partial charge is 0.362 e. The first-order valence-corrected chi connectivity index (χ1v) is 10.4. The van der Waals surface area contributed by atoms with E-state index in [1.54, 1.807) is 5.38 Å². The highest BCUT2D eigenvalue weighted by atomic mass is 79.9. The predicted molar refractivity (Wildman–Crippen MR) is 103 cm³/mol. The molecule has 1 aliphatic heterocycles. The minimum atomic E-state index is -4.84. The van der Waals surface area contributed by atoms with Crippen LogP contribution in [0.5, 0.6) is 0 Å². The van der Waals surface area contributed by atoms with Gasteiger partial charge >= 0.3 is 6.18 Å². The third kappa shape index (κ3) is 3.19. The van der Waals surface area contributed by atoms with Gasteiger partial charge in [0.15, 0.2) is 0 Å². The number of anilines is 1. The highest BCUT2D eigenvalue weighted by molar-refractivity contribution is 9.10. The Bertz CT molecular complexity index is 867. The monoisotopic (exact) mass is 459 g/mol. The first kappa shape index (κ1) is 18.9. The van der Waals surface area contributed by atoms with Gasteiger partial charge in [0.1, 0.15) is 0 Å². The van der Waals surface area contributed by atoms with Gasteiger partial charge in [-0.1, -0.05) is 40.9 Å². The van der Waals surface area contributed by atoms with Crippen molar-refractivity contribution in [3.05, 3.63) is 34.1 Å². The SMILES string of the molecule is O[C@]1(C(F)(F)F)[C@H]2CCCCCC2=NN1c1nc(-c2ccc(Br)cc2)cs1. The Labute approximate surface area is 166 Å². The van der Waals surface area contributed by atoms with Crippen LogP contribution >= 0.6 is 27.3 Å². The summed E-state index contributed by atoms with van der Waals surface area (Å²) in [6, 6.07) is 7.35. The van der Waals surface area contributed by atoms with Crippen LogP contribution in [0.3, 0.4) is 0 Å². The number of nitrogens with zero attached hydrogens (tertiary/aromatic N) is 3. The number of hydrogen-bond acceptors (Lipinski definition) is 5. The van der Waals surface area contributed by atoms with E-state index in [2.05, 4.69) is 26.0 Å². The highest BCUT2D eigenvalue weighted by Crippen LogP contribution is 2.50. The summed E-state index contributed by atoms with van der Waals surface area (Å²) < 4.78 is 42.8. The van der Waals surface area contributed by atoms with Crippen molar-refractivity contribution in [2.24, 2.45) is 11.0 Å². The molecule has 2 atom stereocenters. The summed E-state index contributed by atoms with van der Waals surface area (Å²) in [4.78, 5) is 4.34. The molecule has 27 heavy (non-hydrogen) atoms. The van der Waals surface area contributed by atoms with Gasteiger partial charge in [-0.15, -0.1) is 11.3 Å². The van der Waals surface area contributed by atoms with Crippen molar-refractivity contribution in [3.8, 4) is 11.3 Å². The second-order valence-corrected chi connectivity index (χ2v) is 8.55. The molecule has 2 aliphatic rings. The quantitative estimate of drug-likeness (QED) is 0.637. The fraction of sp³-hybridized carbons (Fsp3) is 0.444. The summed E-state index contributed by atoms with van der Waals surface area (Å²) in [7, 11) is 0. The maximum atomic E-state index is 14.0. The van der Waals surface area contributed by atoms with Crippen LogP contribution in [-0.2, 0) is 0 Å². The number of aromatic nitrogens is 1. The van der Waals surface area contributed by atoms with E-state index in [0.29, 0.717) is 29.3 Å². The van der Waals surface area contributed by atoms with Gasteiger partial charge in [-0.05, 0) is 31.4 Å². The standard InChI is InChI=1S/C18H17BrF3N3OS/c19-12-8-6-11(7-9-12)15-10-27-16(23-15)25-17(26,18(20,21)22)13-4-2-1-3-5-14(13)24-25/h6-10,13,26H,1-5H2/t13-,17-/m0/s1. The average molecular weight is 460 g/mol. The fourth-order valence-corrected chi connectivity index (χ4v) is 4.80. The molecule has 0 spiro atoms. The third-order valence-electron chi connectivity index (χ3n) is 5.10. The minimum absolute atomic E-state index is 0.0494. The lowest BCUT2D eigenvalue weighted by atomic mass is 9.87. The van der Waals surface area contributed by atoms with Gasteiger partial charge in [0, 0.05) is 21.1 Å². The number of fused-ring (bicyclic) bond motifs is 1. The molecule has 0 amide bonds. The number of rotatable bonds is 2. The summed E-state index contributed by atoms with van der Waals surface area (Å²) in [5, 5.41) is 17.5. The second kappa shape index (κ2) is 6.86. The van der Waals surface area contributed by atoms with E-state index in [1.165, 1.54) is 0 Å². The average Bonchev–Trinajstić information content (AvgIpc) is 3.11. The summed E-state index contributed by atoms with van der Waals surface area (Å²) in [6.45, 7) is 0. The van der Waals surface area contributed by atoms with Gasteiger partial charge in [0.25, 0.3) is 5.72 Å². The number of alkyl halides is 3. The van der Waals surface area contributed by atoms with Gasteiger partial charge in [-0.3, -0.25) is 0 Å². The number of hydrazone groups is 1. The van der Waals surface area contributed by atoms with E-state index in [1.807, 2.05) is 24.3 Å². The van der Waals surface area contributed by atoms with Crippen LogP contribution in [0.15, 0.2) is 39.2 Å². The molecule has 1 N–H and O–H groups in total. The Balaban J connectivity index is 1.74. The molecule has 1 aromatic heterocycles. The Kier molecular flexibility index (Phi) is 4.80. The summed E-state index contributed by atoms with van der Waals surface area (Å²) in [5.41, 5.74) is -1.27. The lowest BCUT2D eigenvalue weighted by Crippen LogP contribution is -2.60. The molecule has 0 radical (unpaired) electrons. The van der Waals surface area contributed by atoms with Crippen LogP contribution in [-0.4, -0.2) is 27.7 Å². The molecule has 1 fully saturated rings. The number of thiazole rings is 1. The van der Waals surface area contributed by atoms with Crippen LogP contribution in [0.4, 0.5) is 18.3 Å². The van der Waals surface area contributed by atoms with Crippen molar-refractivity contribution in [1.29, 1.82) is 0 Å². The molecule has 9 heteroatoms. The largest absolute Gasteiger partial charge is 0.439 e. The number of aliphatic hydroxyl groups is 1. The molecule has 144 valence electrons. The molecule has 1 aromatic carbocycles. The zero-order valence-corrected chi connectivity index (χ0v) is 16.6. The van der Waals surface area contributed by atoms with E-state index in [-0.39, 0.29) is 11.6 Å². The van der Waals surface area contributed by atoms with E-state index >= 15 is 0 Å². The van der Waals surface area contributed by atoms with Crippen LogP contribution in [0, 0.1) is 5.92 Å². The van der Waals surface area contributed by atoms with Crippen molar-refractivity contribution in [3.63, 3.8) is 0 Å². The summed E-state index contributed by atoms with van der Waals surface area (Å²) >= 11 is 4.40. The molecule has 2 heterocycles. The van der Waals surface area contributed by atoms with Crippen molar-refractivity contribution >= 4 is 38.1 Å². The molecular formula is C18H17BrF3N3OS. The number of halogens is 4. The molecule has 0 saturated heterocycles. The Morgan fingerprint density at radius 3 is 2.63 bits per heavy atom. The van der Waals surface area contributed by atoms with Gasteiger partial charge < -0.3 is 5.11 Å². The first-order valence-electron chi connectivity index (χ1n) is 8.69. The zero-order valence-electron chi connectivity index (χ0n) is 14.2. The lowest BCUT2D eigenvalue weighted by Gasteiger charge is -2.37. The lowest BCUT2D eigenvalue weighted by molar-refractivity contribution is -0.268. The van der Waals surface area contributed by atoms with Gasteiger partial charge in [-0.25, -0.2) is 4.98 Å². The molecule has 4 nitrogen and oxygen atoms in total. The summed E-state index contributed by atoms with van der Waals surface area (Å²) in [6.07, 6.45) is -1.79. The van der Waals surface area contributed by atoms with Crippen LogP contribution in [0.25, 0.3) is 11.3 Å². The third-order valence-corrected chi connectivity index (χ3v) is 6.44. The van der Waals surface area contributed by atoms with Crippen molar-refractivity contribution in [2.45, 2.75) is 44.0 Å². The van der Waals surface area contributed by atoms with Crippen molar-refractivity contribution in [1.82, 2.24) is 4.98 Å². The van der Waals surface area contributed by atoms with Crippen LogP contribution in [0.2, 0.25) is 0 Å². The van der Waals surface area contributed by atoms with Crippen molar-refractivity contribution < 1.29 is 18.3 Å². The fourth-order valence-electron chi connectivity index (χ4n) is 3.70. The highest BCUT2D eigenvalue weighted by Gasteiger charge is 2.67. The van der Waals surface area contributed by atoms with Crippen molar-refractivity contribution in [2.75, 3.05) is 5.01 Å². The Hall–Kier alpha value is -1.45. The topological polar surface area (TPSA) is 48.7 Å². The predicted octanol–water partition coefficient (Wildman–Crippen LogP) is 5.58. The Morgan fingerprint density at radius 2 is 1.93 bits per heavy atom. The molecule has 4 rings (SSSR count). The maximum Gasteiger partial charge on any atom is 0.439 e. The summed E-state index contributed by atoms with van der Waals surface area (Å²) in [5.74, 6) is -1.04. The van der Waals surface area contributed by atoms with E-state index < -0.39 is 17.8 Å². The molecule has 0 bridgehead atoms. The maximum absolute atomic E-state index is 14.0. The van der Waals surface area contributed by atoms with Gasteiger partial charge in [0.2, 0.25) is 5.13 Å². The number of hydrogen-bond donors (Lipinski definition) is 1. The first-order chi connectivity index (χ1) is 12.8. The molecule has 1 saturated carbocycles. The molecule has 0 unspecified atom stereocenters. The molecular weight excluding hydrogens is 443 g/mol. The Morgan fingerprint density at radius 1 is 1.19 bits per heavy atom. The van der Waals surface area contributed by atoms with Gasteiger partial charge in [-0.2, -0.15) is 23.3 Å². The zero-order chi connectivity index (χ0) is 19.2. The minimum Gasteiger partial charge on any atom is -0.362 e. The van der Waals surface area contributed by atoms with E-state index in [0.717, 1.165) is 34.2 Å².